The van der Waals surface area contributed by atoms with E-state index in [-0.39, 0.29) is 36.0 Å². The molecule has 10 heteroatoms. The van der Waals surface area contributed by atoms with E-state index in [4.69, 9.17) is 10.5 Å². The van der Waals surface area contributed by atoms with Crippen LogP contribution in [0.2, 0.25) is 0 Å². The van der Waals surface area contributed by atoms with Gasteiger partial charge in [-0.3, -0.25) is 20.5 Å². The normalized spacial score (nSPS) is 23.5. The van der Waals surface area contributed by atoms with Crippen LogP contribution in [0, 0.1) is 24.6 Å². The zero-order valence-electron chi connectivity index (χ0n) is 18.3. The predicted octanol–water partition coefficient (Wildman–Crippen LogP) is 1.04. The summed E-state index contributed by atoms with van der Waals surface area (Å²) in [5, 5.41) is 0. The molecule has 0 bridgehead atoms. The number of halogens is 1. The highest BCUT2D eigenvalue weighted by Gasteiger charge is 2.32. The number of ether oxygens (including phenoxy) is 1. The first-order valence-corrected chi connectivity index (χ1v) is 11.4. The summed E-state index contributed by atoms with van der Waals surface area (Å²) in [6.45, 7) is 6.47. The fourth-order valence-electron chi connectivity index (χ4n) is 4.96. The Morgan fingerprint density at radius 1 is 1.29 bits per heavy atom. The fraction of sp³-hybridized carbons (Fsp3) is 0.762. The molecule has 0 radical (unpaired) electrons. The van der Waals surface area contributed by atoms with E-state index in [2.05, 4.69) is 25.7 Å². The molecule has 0 aromatic carbocycles. The number of aryl methyl sites for hydroxylation is 1. The molecule has 1 aliphatic carbocycles. The maximum absolute atomic E-state index is 15.3. The number of nitrogens with one attached hydrogen (secondary N) is 2. The molecule has 4 rings (SSSR count). The van der Waals surface area contributed by atoms with Crippen LogP contribution in [-0.2, 0) is 9.53 Å². The molecule has 9 nitrogen and oxygen atoms in total. The molecule has 2 aliphatic heterocycles. The summed E-state index contributed by atoms with van der Waals surface area (Å²) in [4.78, 5) is 25.5. The van der Waals surface area contributed by atoms with Gasteiger partial charge < -0.3 is 15.4 Å². The van der Waals surface area contributed by atoms with Crippen LogP contribution in [0.15, 0.2) is 0 Å². The van der Waals surface area contributed by atoms with E-state index in [1.165, 1.54) is 12.8 Å². The Labute approximate surface area is 182 Å². The molecular formula is C21H34FN7O2. The number of hydrogen-bond acceptors (Lipinski definition) is 8. The lowest BCUT2D eigenvalue weighted by Crippen LogP contribution is -2.58. The van der Waals surface area contributed by atoms with Gasteiger partial charge in [-0.15, -0.1) is 0 Å². The minimum absolute atomic E-state index is 0.0187. The average molecular weight is 436 g/mol. The van der Waals surface area contributed by atoms with Crippen molar-refractivity contribution in [3.63, 3.8) is 0 Å². The predicted molar refractivity (Wildman–Crippen MR) is 116 cm³/mol. The maximum Gasteiger partial charge on any atom is 0.242 e. The zero-order valence-corrected chi connectivity index (χ0v) is 18.3. The summed E-state index contributed by atoms with van der Waals surface area (Å²) in [6, 6.07) is 0.231. The first-order valence-electron chi connectivity index (χ1n) is 11.4. The molecular weight excluding hydrogens is 401 g/mol. The number of hydrogen-bond donors (Lipinski definition) is 3. The molecule has 31 heavy (non-hydrogen) atoms. The standard InChI is InChI=1S/C21H34FN7O2/c1-14-24-19(26-27-21(30)16(11-23)10-15-4-2-3-5-15)18(22)20(25-14)29-7-6-28-8-9-31-13-17(28)12-29/h15-17H,2-13,23H2,1H3,(H,27,30)(H,24,25,26)/t16-,17+/m1/s1. The number of aromatic nitrogens is 2. The first kappa shape index (κ1) is 22.2. The Morgan fingerprint density at radius 2 is 2.10 bits per heavy atom. The van der Waals surface area contributed by atoms with Crippen LogP contribution in [0.25, 0.3) is 0 Å². The van der Waals surface area contributed by atoms with Crippen LogP contribution >= 0.6 is 0 Å². The molecule has 3 heterocycles. The molecule has 0 unspecified atom stereocenters. The molecule has 2 atom stereocenters. The van der Waals surface area contributed by atoms with Crippen molar-refractivity contribution in [3.05, 3.63) is 11.6 Å². The summed E-state index contributed by atoms with van der Waals surface area (Å²) in [5.74, 6) is 0.157. The molecule has 1 aromatic heterocycles. The van der Waals surface area contributed by atoms with Crippen molar-refractivity contribution in [1.29, 1.82) is 0 Å². The van der Waals surface area contributed by atoms with E-state index in [0.29, 0.717) is 31.4 Å². The molecule has 1 saturated carbocycles. The quantitative estimate of drug-likeness (QED) is 0.546. The molecule has 3 aliphatic rings. The van der Waals surface area contributed by atoms with Gasteiger partial charge in [-0.1, -0.05) is 25.7 Å². The number of fused-ring (bicyclic) bond motifs is 1. The number of carbonyl (C=O) groups excluding carboxylic acids is 1. The molecule has 1 amide bonds. The van der Waals surface area contributed by atoms with Crippen LogP contribution in [0.1, 0.15) is 37.9 Å². The summed E-state index contributed by atoms with van der Waals surface area (Å²) >= 11 is 0. The minimum Gasteiger partial charge on any atom is -0.378 e. The molecule has 1 aromatic rings. The third-order valence-electron chi connectivity index (χ3n) is 6.73. The number of anilines is 2. The van der Waals surface area contributed by atoms with Crippen molar-refractivity contribution in [1.82, 2.24) is 20.3 Å². The highest BCUT2D eigenvalue weighted by Crippen LogP contribution is 2.30. The number of piperazine rings is 1. The number of amides is 1. The van der Waals surface area contributed by atoms with Crippen LogP contribution < -0.4 is 21.5 Å². The van der Waals surface area contributed by atoms with Gasteiger partial charge >= 0.3 is 0 Å². The Balaban J connectivity index is 1.40. The third kappa shape index (κ3) is 5.24. The zero-order chi connectivity index (χ0) is 21.8. The lowest BCUT2D eigenvalue weighted by atomic mass is 9.93. The summed E-state index contributed by atoms with van der Waals surface area (Å²) in [5.41, 5.74) is 11.1. The number of carbonyl (C=O) groups is 1. The number of morpholine rings is 1. The van der Waals surface area contributed by atoms with Crippen molar-refractivity contribution in [2.24, 2.45) is 17.6 Å². The van der Waals surface area contributed by atoms with Crippen LogP contribution in [0.4, 0.5) is 16.0 Å². The van der Waals surface area contributed by atoms with Crippen molar-refractivity contribution >= 4 is 17.5 Å². The van der Waals surface area contributed by atoms with Crippen molar-refractivity contribution in [2.45, 2.75) is 45.1 Å². The number of rotatable bonds is 7. The fourth-order valence-corrected chi connectivity index (χ4v) is 4.96. The second-order valence-electron chi connectivity index (χ2n) is 8.90. The van der Waals surface area contributed by atoms with Crippen molar-refractivity contribution < 1.29 is 13.9 Å². The van der Waals surface area contributed by atoms with Gasteiger partial charge in [0.2, 0.25) is 11.7 Å². The molecule has 2 saturated heterocycles. The Hall–Kier alpha value is -2.04. The van der Waals surface area contributed by atoms with Gasteiger partial charge in [0, 0.05) is 32.7 Å². The average Bonchev–Trinajstić information content (AvgIpc) is 3.30. The summed E-state index contributed by atoms with van der Waals surface area (Å²) in [6.07, 6.45) is 5.52. The first-order chi connectivity index (χ1) is 15.0. The summed E-state index contributed by atoms with van der Waals surface area (Å²) < 4.78 is 20.9. The van der Waals surface area contributed by atoms with E-state index < -0.39 is 5.82 Å². The summed E-state index contributed by atoms with van der Waals surface area (Å²) in [7, 11) is 0. The van der Waals surface area contributed by atoms with Crippen molar-refractivity contribution in [3.8, 4) is 0 Å². The molecule has 172 valence electrons. The highest BCUT2D eigenvalue weighted by molar-refractivity contribution is 5.80. The minimum atomic E-state index is -0.559. The largest absolute Gasteiger partial charge is 0.378 e. The van der Waals surface area contributed by atoms with Gasteiger partial charge in [-0.05, 0) is 19.3 Å². The third-order valence-corrected chi connectivity index (χ3v) is 6.73. The van der Waals surface area contributed by atoms with Gasteiger partial charge in [0.25, 0.3) is 0 Å². The molecule has 0 spiro atoms. The number of hydrazine groups is 1. The van der Waals surface area contributed by atoms with Gasteiger partial charge in [-0.2, -0.15) is 4.39 Å². The number of nitrogens with two attached hydrogens (primary N) is 1. The van der Waals surface area contributed by atoms with Crippen molar-refractivity contribution in [2.75, 3.05) is 56.3 Å². The van der Waals surface area contributed by atoms with E-state index >= 15 is 4.39 Å². The van der Waals surface area contributed by atoms with Crippen LogP contribution in [-0.4, -0.2) is 72.8 Å². The van der Waals surface area contributed by atoms with E-state index in [0.717, 1.165) is 39.0 Å². The molecule has 3 fully saturated rings. The monoisotopic (exact) mass is 435 g/mol. The lowest BCUT2D eigenvalue weighted by Gasteiger charge is -2.44. The Kier molecular flexibility index (Phi) is 7.19. The molecule has 4 N–H and O–H groups in total. The SMILES string of the molecule is Cc1nc(NNC(=O)[C@@H](CN)CC2CCCC2)c(F)c(N2CCN3CCOC[C@@H]3C2)n1. The number of nitrogens with zero attached hydrogens (tertiary/aromatic N) is 4. The van der Waals surface area contributed by atoms with E-state index in [1.807, 2.05) is 4.90 Å². The Morgan fingerprint density at radius 3 is 2.87 bits per heavy atom. The van der Waals surface area contributed by atoms with E-state index in [9.17, 15) is 4.79 Å². The second kappa shape index (κ2) is 10.1. The Bertz CT molecular complexity index is 774. The highest BCUT2D eigenvalue weighted by atomic mass is 19.1. The van der Waals surface area contributed by atoms with Crippen LogP contribution in [0.5, 0.6) is 0 Å². The maximum atomic E-state index is 15.3. The van der Waals surface area contributed by atoms with Crippen LogP contribution in [0.3, 0.4) is 0 Å². The lowest BCUT2D eigenvalue weighted by molar-refractivity contribution is -0.124. The van der Waals surface area contributed by atoms with Gasteiger partial charge in [-0.25, -0.2) is 9.97 Å². The van der Waals surface area contributed by atoms with Gasteiger partial charge in [0.1, 0.15) is 5.82 Å². The second-order valence-corrected chi connectivity index (χ2v) is 8.90. The van der Waals surface area contributed by atoms with Gasteiger partial charge in [0.05, 0.1) is 25.2 Å². The van der Waals surface area contributed by atoms with Gasteiger partial charge in [0.15, 0.2) is 11.6 Å². The van der Waals surface area contributed by atoms with E-state index in [1.54, 1.807) is 6.92 Å². The topological polar surface area (TPSA) is 109 Å². The smallest absolute Gasteiger partial charge is 0.242 e.